The Morgan fingerprint density at radius 2 is 1.92 bits per heavy atom. The molecule has 1 aromatic rings. The molecular weight excluding hydrogens is 320 g/mol. The number of hydrogen-bond acceptors (Lipinski definition) is 3. The summed E-state index contributed by atoms with van der Waals surface area (Å²) in [6.07, 6.45) is 1.25. The van der Waals surface area contributed by atoms with Crippen LogP contribution in [0.3, 0.4) is 0 Å². The smallest absolute Gasteiger partial charge is 0.308 e. The molecule has 0 unspecified atom stereocenters. The maximum atomic E-state index is 12.8. The van der Waals surface area contributed by atoms with Crippen LogP contribution in [0.2, 0.25) is 0 Å². The molecule has 2 atom stereocenters. The van der Waals surface area contributed by atoms with Crippen molar-refractivity contribution in [2.45, 2.75) is 46.1 Å². The number of carboxylic acid groups (broad SMARTS) is 1. The number of amides is 2. The number of benzene rings is 1. The van der Waals surface area contributed by atoms with Crippen LogP contribution in [0.25, 0.3) is 0 Å². The number of aryl methyl sites for hydroxylation is 2. The Morgan fingerprint density at radius 1 is 1.20 bits per heavy atom. The van der Waals surface area contributed by atoms with Gasteiger partial charge in [-0.25, -0.2) is 0 Å². The standard InChI is InChI=1S/C19H26N2O4/c1-12-4-5-13(2)16(8-12)9-18(23)21-10-15(19(24)25)6-7-17(11-21)20-14(3)22/h4-5,8,15,17H,6-7,9-11H2,1-3H3,(H,20,22)(H,24,25)/t15-,17+/m0/s1. The summed E-state index contributed by atoms with van der Waals surface area (Å²) in [5, 5.41) is 12.2. The predicted molar refractivity (Wildman–Crippen MR) is 94.2 cm³/mol. The number of carboxylic acids is 1. The van der Waals surface area contributed by atoms with E-state index in [1.807, 2.05) is 32.0 Å². The van der Waals surface area contributed by atoms with Crippen molar-refractivity contribution < 1.29 is 19.5 Å². The van der Waals surface area contributed by atoms with Crippen molar-refractivity contribution in [2.24, 2.45) is 5.92 Å². The van der Waals surface area contributed by atoms with Crippen molar-refractivity contribution in [1.29, 1.82) is 0 Å². The van der Waals surface area contributed by atoms with E-state index in [1.54, 1.807) is 4.90 Å². The number of nitrogens with one attached hydrogen (secondary N) is 1. The molecule has 1 aliphatic heterocycles. The molecular formula is C19H26N2O4. The second-order valence-corrected chi connectivity index (χ2v) is 6.92. The quantitative estimate of drug-likeness (QED) is 0.868. The van der Waals surface area contributed by atoms with Crippen LogP contribution in [0.1, 0.15) is 36.5 Å². The minimum absolute atomic E-state index is 0.0998. The van der Waals surface area contributed by atoms with Crippen LogP contribution in [-0.4, -0.2) is 46.9 Å². The van der Waals surface area contributed by atoms with Crippen LogP contribution in [0.5, 0.6) is 0 Å². The molecule has 2 N–H and O–H groups in total. The largest absolute Gasteiger partial charge is 0.481 e. The number of aliphatic carboxylic acids is 1. The van der Waals surface area contributed by atoms with E-state index in [0.29, 0.717) is 19.4 Å². The van der Waals surface area contributed by atoms with Gasteiger partial charge in [-0.15, -0.1) is 0 Å². The minimum atomic E-state index is -0.895. The summed E-state index contributed by atoms with van der Waals surface area (Å²) < 4.78 is 0. The van der Waals surface area contributed by atoms with Gasteiger partial charge in [0.2, 0.25) is 11.8 Å². The number of nitrogens with zero attached hydrogens (tertiary/aromatic N) is 1. The molecule has 0 aromatic heterocycles. The third-order valence-electron chi connectivity index (χ3n) is 4.70. The van der Waals surface area contributed by atoms with Crippen molar-refractivity contribution in [3.63, 3.8) is 0 Å². The van der Waals surface area contributed by atoms with Crippen molar-refractivity contribution in [3.8, 4) is 0 Å². The summed E-state index contributed by atoms with van der Waals surface area (Å²) in [6.45, 7) is 5.92. The van der Waals surface area contributed by atoms with Crippen LogP contribution in [0.15, 0.2) is 18.2 Å². The highest BCUT2D eigenvalue weighted by Gasteiger charge is 2.31. The van der Waals surface area contributed by atoms with E-state index in [9.17, 15) is 19.5 Å². The molecule has 25 heavy (non-hydrogen) atoms. The summed E-state index contributed by atoms with van der Waals surface area (Å²) in [4.78, 5) is 37.2. The molecule has 1 aromatic carbocycles. The zero-order valence-corrected chi connectivity index (χ0v) is 15.0. The lowest BCUT2D eigenvalue weighted by Crippen LogP contribution is -2.45. The van der Waals surface area contributed by atoms with Gasteiger partial charge in [-0.2, -0.15) is 0 Å². The number of hydrogen-bond donors (Lipinski definition) is 2. The van der Waals surface area contributed by atoms with Crippen molar-refractivity contribution in [2.75, 3.05) is 13.1 Å². The number of rotatable bonds is 4. The van der Waals surface area contributed by atoms with E-state index in [1.165, 1.54) is 6.92 Å². The van der Waals surface area contributed by atoms with E-state index < -0.39 is 11.9 Å². The van der Waals surface area contributed by atoms with Gasteiger partial charge in [0, 0.05) is 26.1 Å². The molecule has 0 aliphatic carbocycles. The molecule has 1 fully saturated rings. The van der Waals surface area contributed by atoms with Gasteiger partial charge in [0.25, 0.3) is 0 Å². The first-order chi connectivity index (χ1) is 11.8. The highest BCUT2D eigenvalue weighted by Crippen LogP contribution is 2.19. The lowest BCUT2D eigenvalue weighted by atomic mass is 10.0. The Bertz CT molecular complexity index is 671. The second-order valence-electron chi connectivity index (χ2n) is 6.92. The summed E-state index contributed by atoms with van der Waals surface area (Å²) in [5.41, 5.74) is 3.09. The first kappa shape index (κ1) is 19.0. The number of carbonyl (C=O) groups excluding carboxylic acids is 2. The first-order valence-corrected chi connectivity index (χ1v) is 8.60. The van der Waals surface area contributed by atoms with Crippen molar-refractivity contribution >= 4 is 17.8 Å². The molecule has 6 heteroatoms. The monoisotopic (exact) mass is 346 g/mol. The van der Waals surface area contributed by atoms with E-state index in [2.05, 4.69) is 5.32 Å². The summed E-state index contributed by atoms with van der Waals surface area (Å²) in [7, 11) is 0. The molecule has 0 radical (unpaired) electrons. The molecule has 1 aliphatic rings. The Kier molecular flexibility index (Phi) is 6.17. The summed E-state index contributed by atoms with van der Waals surface area (Å²) in [6, 6.07) is 5.78. The maximum Gasteiger partial charge on any atom is 0.308 e. The minimum Gasteiger partial charge on any atom is -0.481 e. The number of carbonyl (C=O) groups is 3. The van der Waals surface area contributed by atoms with E-state index in [0.717, 1.165) is 16.7 Å². The Morgan fingerprint density at radius 3 is 2.56 bits per heavy atom. The summed E-state index contributed by atoms with van der Waals surface area (Å²) in [5.74, 6) is -1.76. The van der Waals surface area contributed by atoms with Gasteiger partial charge in [0.05, 0.1) is 12.3 Å². The summed E-state index contributed by atoms with van der Waals surface area (Å²) >= 11 is 0. The normalized spacial score (nSPS) is 20.7. The van der Waals surface area contributed by atoms with Gasteiger partial charge in [0.1, 0.15) is 0 Å². The third kappa shape index (κ3) is 5.31. The van der Waals surface area contributed by atoms with Crippen LogP contribution >= 0.6 is 0 Å². The van der Waals surface area contributed by atoms with Gasteiger partial charge in [-0.05, 0) is 37.8 Å². The fourth-order valence-electron chi connectivity index (χ4n) is 3.27. The second kappa shape index (κ2) is 8.14. The highest BCUT2D eigenvalue weighted by atomic mass is 16.4. The third-order valence-corrected chi connectivity index (χ3v) is 4.70. The van der Waals surface area contributed by atoms with Gasteiger partial charge in [0.15, 0.2) is 0 Å². The maximum absolute atomic E-state index is 12.8. The van der Waals surface area contributed by atoms with Crippen LogP contribution in [0, 0.1) is 19.8 Å². The van der Waals surface area contributed by atoms with Crippen molar-refractivity contribution in [1.82, 2.24) is 10.2 Å². The van der Waals surface area contributed by atoms with E-state index >= 15 is 0 Å². The van der Waals surface area contributed by atoms with Gasteiger partial charge in [-0.1, -0.05) is 23.8 Å². The SMILES string of the molecule is CC(=O)N[C@@H]1CC[C@H](C(=O)O)CN(C(=O)Cc2cc(C)ccc2C)C1. The zero-order valence-electron chi connectivity index (χ0n) is 15.0. The lowest BCUT2D eigenvalue weighted by molar-refractivity contribution is -0.143. The first-order valence-electron chi connectivity index (χ1n) is 8.60. The fraction of sp³-hybridized carbons (Fsp3) is 0.526. The molecule has 0 bridgehead atoms. The van der Waals surface area contributed by atoms with E-state index in [4.69, 9.17) is 0 Å². The van der Waals surface area contributed by atoms with Gasteiger partial charge < -0.3 is 15.3 Å². The molecule has 2 rings (SSSR count). The van der Waals surface area contributed by atoms with E-state index in [-0.39, 0.29) is 30.8 Å². The number of likely N-dealkylation sites (tertiary alicyclic amines) is 1. The Balaban J connectivity index is 2.16. The fourth-order valence-corrected chi connectivity index (χ4v) is 3.27. The highest BCUT2D eigenvalue weighted by molar-refractivity contribution is 5.80. The molecule has 2 amide bonds. The molecule has 1 saturated heterocycles. The molecule has 0 saturated carbocycles. The zero-order chi connectivity index (χ0) is 18.6. The Labute approximate surface area is 148 Å². The van der Waals surface area contributed by atoms with Crippen LogP contribution in [0.4, 0.5) is 0 Å². The molecule has 1 heterocycles. The average molecular weight is 346 g/mol. The lowest BCUT2D eigenvalue weighted by Gasteiger charge is -2.26. The van der Waals surface area contributed by atoms with Gasteiger partial charge in [-0.3, -0.25) is 14.4 Å². The molecule has 136 valence electrons. The van der Waals surface area contributed by atoms with Crippen LogP contribution in [-0.2, 0) is 20.8 Å². The van der Waals surface area contributed by atoms with Crippen LogP contribution < -0.4 is 5.32 Å². The average Bonchev–Trinajstić information content (AvgIpc) is 2.73. The topological polar surface area (TPSA) is 86.7 Å². The van der Waals surface area contributed by atoms with Crippen molar-refractivity contribution in [3.05, 3.63) is 34.9 Å². The molecule has 6 nitrogen and oxygen atoms in total. The molecule has 0 spiro atoms. The van der Waals surface area contributed by atoms with Gasteiger partial charge >= 0.3 is 5.97 Å². The Hall–Kier alpha value is -2.37. The predicted octanol–water partition coefficient (Wildman–Crippen LogP) is 1.67.